The van der Waals surface area contributed by atoms with Gasteiger partial charge in [0.1, 0.15) is 11.5 Å². The van der Waals surface area contributed by atoms with E-state index in [2.05, 4.69) is 5.32 Å². The maximum absolute atomic E-state index is 13.7. The zero-order valence-corrected chi connectivity index (χ0v) is 16.9. The second-order valence-electron chi connectivity index (χ2n) is 6.83. The van der Waals surface area contributed by atoms with E-state index in [1.807, 2.05) is 6.07 Å². The van der Waals surface area contributed by atoms with E-state index in [-0.39, 0.29) is 17.7 Å². The molecule has 0 fully saturated rings. The molecule has 3 aromatic rings. The summed E-state index contributed by atoms with van der Waals surface area (Å²) in [5.41, 5.74) is 1.07. The van der Waals surface area contributed by atoms with E-state index < -0.39 is 29.4 Å². The van der Waals surface area contributed by atoms with Gasteiger partial charge in [0.25, 0.3) is 11.5 Å². The summed E-state index contributed by atoms with van der Waals surface area (Å²) in [5, 5.41) is 2.55. The summed E-state index contributed by atoms with van der Waals surface area (Å²) >= 11 is 0. The predicted molar refractivity (Wildman–Crippen MR) is 110 cm³/mol. The third-order valence-electron chi connectivity index (χ3n) is 4.77. The van der Waals surface area contributed by atoms with Crippen LogP contribution in [-0.2, 0) is 27.8 Å². The monoisotopic (exact) mass is 411 g/mol. The van der Waals surface area contributed by atoms with Crippen molar-refractivity contribution in [2.24, 2.45) is 7.05 Å². The molecule has 0 spiro atoms. The molecule has 7 nitrogen and oxygen atoms in total. The molecule has 0 aliphatic carbocycles. The molecule has 1 amide bonds. The van der Waals surface area contributed by atoms with Gasteiger partial charge >= 0.3 is 5.97 Å². The van der Waals surface area contributed by atoms with Crippen LogP contribution in [0.25, 0.3) is 5.69 Å². The summed E-state index contributed by atoms with van der Waals surface area (Å²) < 4.78 is 21.8. The molecule has 0 aliphatic rings. The lowest BCUT2D eigenvalue weighted by Crippen LogP contribution is -2.32. The smallest absolute Gasteiger partial charge is 0.311 e. The molecule has 1 N–H and O–H groups in total. The van der Waals surface area contributed by atoms with E-state index in [1.165, 1.54) is 29.8 Å². The molecule has 0 saturated heterocycles. The zero-order chi connectivity index (χ0) is 21.8. The zero-order valence-electron chi connectivity index (χ0n) is 16.9. The summed E-state index contributed by atoms with van der Waals surface area (Å²) in [6, 6.07) is 14.8. The third-order valence-corrected chi connectivity index (χ3v) is 4.77. The number of benzene rings is 2. The number of aromatic nitrogens is 2. The van der Waals surface area contributed by atoms with Gasteiger partial charge in [-0.25, -0.2) is 9.07 Å². The summed E-state index contributed by atoms with van der Waals surface area (Å²) in [5.74, 6) is -1.91. The average molecular weight is 411 g/mol. The van der Waals surface area contributed by atoms with Crippen LogP contribution in [-0.4, -0.2) is 27.3 Å². The van der Waals surface area contributed by atoms with Crippen molar-refractivity contribution in [2.75, 3.05) is 5.32 Å². The molecule has 30 heavy (non-hydrogen) atoms. The normalized spacial score (nSPS) is 11.7. The first-order valence-corrected chi connectivity index (χ1v) is 9.37. The molecule has 0 saturated carbocycles. The number of halogens is 1. The third kappa shape index (κ3) is 4.32. The number of ether oxygens (including phenoxy) is 1. The van der Waals surface area contributed by atoms with Crippen LogP contribution in [0.4, 0.5) is 10.1 Å². The number of rotatable bonds is 6. The molecule has 1 unspecified atom stereocenters. The Kier molecular flexibility index (Phi) is 6.15. The number of hydrogen-bond acceptors (Lipinski definition) is 4. The summed E-state index contributed by atoms with van der Waals surface area (Å²) in [7, 11) is 1.71. The molecular weight excluding hydrogens is 389 g/mol. The maximum Gasteiger partial charge on any atom is 0.311 e. The van der Waals surface area contributed by atoms with Crippen LogP contribution in [0.3, 0.4) is 0 Å². The molecule has 156 valence electrons. The number of nitrogens with one attached hydrogen (secondary N) is 1. The van der Waals surface area contributed by atoms with Gasteiger partial charge in [-0.15, -0.1) is 0 Å². The van der Waals surface area contributed by atoms with Gasteiger partial charge in [-0.05, 0) is 37.6 Å². The Morgan fingerprint density at radius 3 is 2.40 bits per heavy atom. The standard InChI is InChI=1S/C22H22FN3O4/c1-14-20(22(29)26(25(14)3)17-10-5-4-6-11-17)24-21(28)15(2)30-19(27)13-16-9-7-8-12-18(16)23/h4-12,15H,13H2,1-3H3,(H,24,28). The van der Waals surface area contributed by atoms with Crippen LogP contribution in [0.15, 0.2) is 59.4 Å². The van der Waals surface area contributed by atoms with Crippen LogP contribution < -0.4 is 10.9 Å². The highest BCUT2D eigenvalue weighted by molar-refractivity contribution is 5.95. The van der Waals surface area contributed by atoms with Gasteiger partial charge in [-0.2, -0.15) is 0 Å². The number of amides is 1. The second kappa shape index (κ2) is 8.77. The molecule has 1 atom stereocenters. The molecule has 8 heteroatoms. The second-order valence-corrected chi connectivity index (χ2v) is 6.83. The van der Waals surface area contributed by atoms with Crippen molar-refractivity contribution in [3.05, 3.63) is 82.0 Å². The number of carbonyl (C=O) groups is 2. The van der Waals surface area contributed by atoms with E-state index in [1.54, 1.807) is 49.0 Å². The average Bonchev–Trinajstić information content (AvgIpc) is 2.93. The fraction of sp³-hybridized carbons (Fsp3) is 0.227. The van der Waals surface area contributed by atoms with Gasteiger partial charge in [0.2, 0.25) is 0 Å². The first-order valence-electron chi connectivity index (χ1n) is 9.37. The Balaban J connectivity index is 1.72. The van der Waals surface area contributed by atoms with Gasteiger partial charge in [0.15, 0.2) is 6.10 Å². The van der Waals surface area contributed by atoms with Crippen molar-refractivity contribution < 1.29 is 18.7 Å². The molecule has 1 aromatic heterocycles. The summed E-state index contributed by atoms with van der Waals surface area (Å²) in [6.45, 7) is 3.09. The molecule has 2 aromatic carbocycles. The van der Waals surface area contributed by atoms with Crippen molar-refractivity contribution in [1.82, 2.24) is 9.36 Å². The molecular formula is C22H22FN3O4. The molecule has 1 heterocycles. The van der Waals surface area contributed by atoms with Crippen molar-refractivity contribution in [3.63, 3.8) is 0 Å². The van der Waals surface area contributed by atoms with Gasteiger partial charge in [0, 0.05) is 7.05 Å². The van der Waals surface area contributed by atoms with Gasteiger partial charge in [-0.1, -0.05) is 36.4 Å². The highest BCUT2D eigenvalue weighted by Crippen LogP contribution is 2.15. The quantitative estimate of drug-likeness (QED) is 0.633. The van der Waals surface area contributed by atoms with Crippen molar-refractivity contribution >= 4 is 17.6 Å². The summed E-state index contributed by atoms with van der Waals surface area (Å²) in [6.07, 6.45) is -1.45. The van der Waals surface area contributed by atoms with Crippen LogP contribution in [0, 0.1) is 12.7 Å². The predicted octanol–water partition coefficient (Wildman–Crippen LogP) is 2.74. The topological polar surface area (TPSA) is 82.3 Å². The first kappa shape index (κ1) is 21.0. The number of esters is 1. The van der Waals surface area contributed by atoms with E-state index in [9.17, 15) is 18.8 Å². The molecule has 3 rings (SSSR count). The maximum atomic E-state index is 13.7. The van der Waals surface area contributed by atoms with Crippen molar-refractivity contribution in [2.45, 2.75) is 26.4 Å². The Bertz CT molecular complexity index is 1140. The van der Waals surface area contributed by atoms with E-state index >= 15 is 0 Å². The number of hydrogen-bond donors (Lipinski definition) is 1. The lowest BCUT2D eigenvalue weighted by atomic mass is 10.1. The summed E-state index contributed by atoms with van der Waals surface area (Å²) in [4.78, 5) is 37.4. The lowest BCUT2D eigenvalue weighted by molar-refractivity contribution is -0.152. The Labute approximate surface area is 172 Å². The highest BCUT2D eigenvalue weighted by Gasteiger charge is 2.23. The fourth-order valence-electron chi connectivity index (χ4n) is 3.03. The lowest BCUT2D eigenvalue weighted by Gasteiger charge is -2.13. The Morgan fingerprint density at radius 2 is 1.73 bits per heavy atom. The highest BCUT2D eigenvalue weighted by atomic mass is 19.1. The van der Waals surface area contributed by atoms with Crippen molar-refractivity contribution in [3.8, 4) is 5.69 Å². The van der Waals surface area contributed by atoms with E-state index in [0.717, 1.165) is 0 Å². The minimum atomic E-state index is -1.16. The van der Waals surface area contributed by atoms with E-state index in [4.69, 9.17) is 4.74 Å². The van der Waals surface area contributed by atoms with Gasteiger partial charge in [-0.3, -0.25) is 19.1 Å². The van der Waals surface area contributed by atoms with Crippen LogP contribution in [0.5, 0.6) is 0 Å². The van der Waals surface area contributed by atoms with Crippen LogP contribution in [0.1, 0.15) is 18.2 Å². The van der Waals surface area contributed by atoms with Gasteiger partial charge in [0.05, 0.1) is 17.8 Å². The number of para-hydroxylation sites is 1. The molecule has 0 radical (unpaired) electrons. The van der Waals surface area contributed by atoms with Crippen LogP contribution in [0.2, 0.25) is 0 Å². The van der Waals surface area contributed by atoms with Gasteiger partial charge < -0.3 is 10.1 Å². The molecule has 0 aliphatic heterocycles. The Morgan fingerprint density at radius 1 is 1.10 bits per heavy atom. The van der Waals surface area contributed by atoms with Crippen LogP contribution >= 0.6 is 0 Å². The Hall–Kier alpha value is -3.68. The minimum absolute atomic E-state index is 0.100. The number of carbonyl (C=O) groups excluding carboxylic acids is 2. The largest absolute Gasteiger partial charge is 0.452 e. The fourth-order valence-corrected chi connectivity index (χ4v) is 3.03. The van der Waals surface area contributed by atoms with E-state index in [0.29, 0.717) is 11.4 Å². The first-order chi connectivity index (χ1) is 14.3. The molecule has 0 bridgehead atoms. The van der Waals surface area contributed by atoms with Crippen molar-refractivity contribution in [1.29, 1.82) is 0 Å². The number of anilines is 1. The number of nitrogens with zero attached hydrogens (tertiary/aromatic N) is 2. The SMILES string of the molecule is Cc1c(NC(=O)C(C)OC(=O)Cc2ccccc2F)c(=O)n(-c2ccccc2)n1C. The minimum Gasteiger partial charge on any atom is -0.452 e.